The topological polar surface area (TPSA) is 77.9 Å². The molecular formula is C24H30N2O4S. The fourth-order valence-corrected chi connectivity index (χ4v) is 7.34. The van der Waals surface area contributed by atoms with E-state index in [0.717, 1.165) is 24.1 Å². The normalized spacial score (nSPS) is 18.9. The van der Waals surface area contributed by atoms with E-state index in [2.05, 4.69) is 4.90 Å². The maximum Gasteiger partial charge on any atom is 0.244 e. The van der Waals surface area contributed by atoms with E-state index in [-0.39, 0.29) is 11.7 Å². The van der Waals surface area contributed by atoms with Crippen molar-refractivity contribution in [1.82, 2.24) is 4.90 Å². The number of carbonyl (C=O) groups is 1. The van der Waals surface area contributed by atoms with Crippen molar-refractivity contribution in [3.8, 4) is 5.75 Å². The minimum atomic E-state index is -3.81. The molecule has 1 saturated carbocycles. The van der Waals surface area contributed by atoms with Crippen LogP contribution in [0, 0.1) is 13.8 Å². The van der Waals surface area contributed by atoms with Gasteiger partial charge in [0.2, 0.25) is 5.91 Å². The van der Waals surface area contributed by atoms with Crippen LogP contribution < -0.4 is 4.90 Å². The number of piperazine rings is 1. The van der Waals surface area contributed by atoms with Crippen LogP contribution in [-0.2, 0) is 14.6 Å². The van der Waals surface area contributed by atoms with Crippen molar-refractivity contribution in [1.29, 1.82) is 0 Å². The molecule has 2 aromatic carbocycles. The lowest BCUT2D eigenvalue weighted by Gasteiger charge is -2.40. The van der Waals surface area contributed by atoms with Crippen molar-refractivity contribution in [3.05, 3.63) is 53.6 Å². The number of benzene rings is 2. The summed E-state index contributed by atoms with van der Waals surface area (Å²) in [5.41, 5.74) is 2.48. The molecule has 7 heteroatoms. The molecule has 1 aliphatic carbocycles. The van der Waals surface area contributed by atoms with Gasteiger partial charge in [-0.15, -0.1) is 0 Å². The number of anilines is 1. The van der Waals surface area contributed by atoms with E-state index in [1.807, 2.05) is 25.1 Å². The van der Waals surface area contributed by atoms with Gasteiger partial charge in [-0.1, -0.05) is 31.0 Å². The van der Waals surface area contributed by atoms with Gasteiger partial charge in [0.05, 0.1) is 4.90 Å². The summed E-state index contributed by atoms with van der Waals surface area (Å²) in [6, 6.07) is 12.5. The minimum absolute atomic E-state index is 0.209. The first kappa shape index (κ1) is 21.7. The summed E-state index contributed by atoms with van der Waals surface area (Å²) < 4.78 is 26.3. The molecule has 2 fully saturated rings. The quantitative estimate of drug-likeness (QED) is 0.785. The summed E-state index contributed by atoms with van der Waals surface area (Å²) in [4.78, 5) is 17.9. The van der Waals surface area contributed by atoms with Gasteiger partial charge < -0.3 is 14.9 Å². The first-order valence-electron chi connectivity index (χ1n) is 10.9. The molecule has 4 rings (SSSR count). The number of hydrogen-bond donors (Lipinski definition) is 1. The largest absolute Gasteiger partial charge is 0.508 e. The van der Waals surface area contributed by atoms with Crippen LogP contribution in [0.4, 0.5) is 5.69 Å². The molecule has 1 N–H and O–H groups in total. The molecule has 0 spiro atoms. The molecular weight excluding hydrogens is 412 g/mol. The Morgan fingerprint density at radius 2 is 1.65 bits per heavy atom. The number of aromatic hydroxyl groups is 1. The van der Waals surface area contributed by atoms with E-state index >= 15 is 0 Å². The van der Waals surface area contributed by atoms with Crippen LogP contribution in [0.2, 0.25) is 0 Å². The predicted molar refractivity (Wildman–Crippen MR) is 121 cm³/mol. The third-order valence-corrected chi connectivity index (χ3v) is 9.34. The maximum atomic E-state index is 13.9. The second-order valence-electron chi connectivity index (χ2n) is 8.77. The van der Waals surface area contributed by atoms with E-state index < -0.39 is 14.6 Å². The Hall–Kier alpha value is -2.54. The number of amides is 1. The standard InChI is InChI=1S/C24H30N2O4S/c1-18-8-9-19(2)22(16-18)31(29,30)24(10-3-4-11-24)23(28)26-14-12-25(13-15-26)20-6-5-7-21(27)17-20/h5-9,16-17,27H,3-4,10-15H2,1-2H3. The number of sulfone groups is 1. The summed E-state index contributed by atoms with van der Waals surface area (Å²) >= 11 is 0. The van der Waals surface area contributed by atoms with Gasteiger partial charge in [-0.2, -0.15) is 0 Å². The van der Waals surface area contributed by atoms with Crippen LogP contribution in [0.25, 0.3) is 0 Å². The van der Waals surface area contributed by atoms with Crippen molar-refractivity contribution in [2.45, 2.75) is 49.2 Å². The number of carbonyl (C=O) groups excluding carboxylic acids is 1. The lowest BCUT2D eigenvalue weighted by Crippen LogP contribution is -2.57. The summed E-state index contributed by atoms with van der Waals surface area (Å²) in [5, 5.41) is 9.74. The fraction of sp³-hybridized carbons (Fsp3) is 0.458. The van der Waals surface area contributed by atoms with Crippen LogP contribution in [-0.4, -0.2) is 55.3 Å². The zero-order valence-corrected chi connectivity index (χ0v) is 19.0. The molecule has 0 unspecified atom stereocenters. The van der Waals surface area contributed by atoms with Crippen LogP contribution >= 0.6 is 0 Å². The zero-order chi connectivity index (χ0) is 22.2. The number of rotatable bonds is 4. The number of phenolic OH excluding ortho intramolecular Hbond substituents is 1. The highest BCUT2D eigenvalue weighted by Crippen LogP contribution is 2.43. The highest BCUT2D eigenvalue weighted by atomic mass is 32.2. The van der Waals surface area contributed by atoms with Gasteiger partial charge in [0, 0.05) is 37.9 Å². The monoisotopic (exact) mass is 442 g/mol. The van der Waals surface area contributed by atoms with E-state index in [0.29, 0.717) is 49.5 Å². The van der Waals surface area contributed by atoms with E-state index in [1.54, 1.807) is 36.1 Å². The van der Waals surface area contributed by atoms with Crippen LogP contribution in [0.3, 0.4) is 0 Å². The molecule has 0 radical (unpaired) electrons. The van der Waals surface area contributed by atoms with Crippen molar-refractivity contribution in [3.63, 3.8) is 0 Å². The van der Waals surface area contributed by atoms with Gasteiger partial charge in [-0.25, -0.2) is 8.42 Å². The lowest BCUT2D eigenvalue weighted by molar-refractivity contribution is -0.134. The SMILES string of the molecule is Cc1ccc(C)c(S(=O)(=O)C2(C(=O)N3CCN(c4cccc(O)c4)CC3)CCCC2)c1. The van der Waals surface area contributed by atoms with E-state index in [1.165, 1.54) is 0 Å². The fourth-order valence-electron chi connectivity index (χ4n) is 4.90. The van der Waals surface area contributed by atoms with Crippen LogP contribution in [0.15, 0.2) is 47.4 Å². The maximum absolute atomic E-state index is 13.9. The molecule has 1 heterocycles. The highest BCUT2D eigenvalue weighted by Gasteiger charge is 2.55. The first-order valence-corrected chi connectivity index (χ1v) is 12.4. The molecule has 1 aliphatic heterocycles. The molecule has 1 saturated heterocycles. The Labute approximate surface area is 184 Å². The van der Waals surface area contributed by atoms with Gasteiger partial charge in [0.25, 0.3) is 0 Å². The third kappa shape index (κ3) is 3.80. The molecule has 0 bridgehead atoms. The second-order valence-corrected chi connectivity index (χ2v) is 11.0. The Kier molecular flexibility index (Phi) is 5.73. The highest BCUT2D eigenvalue weighted by molar-refractivity contribution is 7.93. The minimum Gasteiger partial charge on any atom is -0.508 e. The molecule has 166 valence electrons. The first-order chi connectivity index (χ1) is 14.7. The lowest BCUT2D eigenvalue weighted by atomic mass is 10.0. The number of hydrogen-bond acceptors (Lipinski definition) is 5. The van der Waals surface area contributed by atoms with Gasteiger partial charge in [-0.3, -0.25) is 4.79 Å². The predicted octanol–water partition coefficient (Wildman–Crippen LogP) is 3.44. The average Bonchev–Trinajstić information content (AvgIpc) is 3.27. The van der Waals surface area contributed by atoms with Gasteiger partial charge >= 0.3 is 0 Å². The van der Waals surface area contributed by atoms with Gasteiger partial charge in [0.1, 0.15) is 5.75 Å². The van der Waals surface area contributed by atoms with Crippen molar-refractivity contribution in [2.75, 3.05) is 31.1 Å². The van der Waals surface area contributed by atoms with Gasteiger partial charge in [-0.05, 0) is 56.0 Å². The van der Waals surface area contributed by atoms with E-state index in [9.17, 15) is 18.3 Å². The zero-order valence-electron chi connectivity index (χ0n) is 18.2. The van der Waals surface area contributed by atoms with Crippen molar-refractivity contribution < 1.29 is 18.3 Å². The van der Waals surface area contributed by atoms with Crippen molar-refractivity contribution >= 4 is 21.4 Å². The second kappa shape index (κ2) is 8.19. The van der Waals surface area contributed by atoms with E-state index in [4.69, 9.17) is 0 Å². The molecule has 1 amide bonds. The smallest absolute Gasteiger partial charge is 0.244 e. The third-order valence-electron chi connectivity index (χ3n) is 6.71. The number of aryl methyl sites for hydroxylation is 2. The summed E-state index contributed by atoms with van der Waals surface area (Å²) in [7, 11) is -3.81. The van der Waals surface area contributed by atoms with Crippen molar-refractivity contribution in [2.24, 2.45) is 0 Å². The molecule has 31 heavy (non-hydrogen) atoms. The molecule has 2 aromatic rings. The number of phenols is 1. The summed E-state index contributed by atoms with van der Waals surface area (Å²) in [5.74, 6) is -0.0398. The molecule has 2 aliphatic rings. The Morgan fingerprint density at radius 1 is 0.968 bits per heavy atom. The molecule has 6 nitrogen and oxygen atoms in total. The molecule has 0 aromatic heterocycles. The van der Waals surface area contributed by atoms with Gasteiger partial charge in [0.15, 0.2) is 14.6 Å². The van der Waals surface area contributed by atoms with Crippen LogP contribution in [0.1, 0.15) is 36.8 Å². The van der Waals surface area contributed by atoms with Crippen LogP contribution in [0.5, 0.6) is 5.75 Å². The Balaban J connectivity index is 1.59. The Bertz CT molecular complexity index is 1080. The summed E-state index contributed by atoms with van der Waals surface area (Å²) in [6.07, 6.45) is 2.26. The summed E-state index contributed by atoms with van der Waals surface area (Å²) in [6.45, 7) is 5.83. The Morgan fingerprint density at radius 3 is 2.29 bits per heavy atom. The molecule has 0 atom stereocenters. The number of nitrogens with zero attached hydrogens (tertiary/aromatic N) is 2. The average molecular weight is 443 g/mol.